The van der Waals surface area contributed by atoms with E-state index in [0.29, 0.717) is 64.5 Å². The molecule has 2 heterocycles. The number of aliphatic hydroxyl groups is 1. The quantitative estimate of drug-likeness (QED) is 0.0717. The van der Waals surface area contributed by atoms with Crippen LogP contribution < -0.4 is 4.98 Å². The maximum atomic E-state index is 13.7. The smallest absolute Gasteiger partial charge is 0.419 e. The molecule has 0 spiro atoms. The number of phenolic OH excluding ortho intramolecular Hbond substituents is 4. The number of fused-ring (bicyclic) bond motifs is 5. The van der Waals surface area contributed by atoms with E-state index in [1.165, 1.54) is 118 Å². The summed E-state index contributed by atoms with van der Waals surface area (Å²) in [5.74, 6) is 3.56. The van der Waals surface area contributed by atoms with Gasteiger partial charge in [0, 0.05) is 39.4 Å². The number of rotatable bonds is 13. The van der Waals surface area contributed by atoms with Crippen molar-refractivity contribution >= 4 is 41.2 Å². The number of aromatic hydroxyl groups is 4. The molecular formula is C131H173F3Mo3N5O5-. The Kier molecular flexibility index (Phi) is 44.4. The van der Waals surface area contributed by atoms with E-state index in [1.54, 1.807) is 39.1 Å². The molecule has 10 nitrogen and oxygen atoms in total. The van der Waals surface area contributed by atoms with Crippen molar-refractivity contribution in [3.8, 4) is 67.5 Å². The number of alkyl halides is 3. The molecule has 0 atom stereocenters. The second-order valence-electron chi connectivity index (χ2n) is 47.1. The summed E-state index contributed by atoms with van der Waals surface area (Å²) in [5, 5.41) is 54.2. The van der Waals surface area contributed by atoms with E-state index in [0.717, 1.165) is 180 Å². The number of phenols is 4. The first-order valence-electron chi connectivity index (χ1n) is 53.6. The van der Waals surface area contributed by atoms with Crippen LogP contribution in [0.1, 0.15) is 392 Å². The van der Waals surface area contributed by atoms with Crippen molar-refractivity contribution in [3.05, 3.63) is 291 Å². The molecule has 4 aliphatic rings. The van der Waals surface area contributed by atoms with E-state index in [-0.39, 0.29) is 22.0 Å². The molecule has 0 saturated carbocycles. The predicted molar refractivity (Wildman–Crippen MR) is 610 cm³/mol. The van der Waals surface area contributed by atoms with Gasteiger partial charge in [-0.05, 0) is 304 Å². The number of benzene rings is 10. The Hall–Kier alpha value is -9.09. The average Bonchev–Trinajstić information content (AvgIpc) is 1.28. The van der Waals surface area contributed by atoms with Crippen molar-refractivity contribution in [3.63, 3.8) is 0 Å². The first-order chi connectivity index (χ1) is 68.8. The van der Waals surface area contributed by atoms with E-state index in [1.807, 2.05) is 58.0 Å². The number of hydrogen-bond donors (Lipinski definition) is 5. The molecule has 0 amide bonds. The minimum Gasteiger partial charge on any atom is -0.665 e. The summed E-state index contributed by atoms with van der Waals surface area (Å²) in [6.45, 7) is 73.4. The van der Waals surface area contributed by atoms with Crippen molar-refractivity contribution < 1.29 is 92.5 Å². The van der Waals surface area contributed by atoms with Gasteiger partial charge in [-0.3, -0.25) is 4.98 Å². The molecule has 10 aromatic carbocycles. The van der Waals surface area contributed by atoms with Gasteiger partial charge in [0.05, 0.1) is 11.2 Å². The predicted octanol–water partition coefficient (Wildman–Crippen LogP) is 37.2. The van der Waals surface area contributed by atoms with Gasteiger partial charge in [0.15, 0.2) is 0 Å². The van der Waals surface area contributed by atoms with E-state index in [4.69, 9.17) is 15.6 Å². The Morgan fingerprint density at radius 2 is 0.612 bits per heavy atom. The van der Waals surface area contributed by atoms with Gasteiger partial charge in [-0.2, -0.15) is 24.6 Å². The summed E-state index contributed by atoms with van der Waals surface area (Å²) < 4.78 is 63.3. The molecule has 2 aromatic heterocycles. The number of nitrogens with zero attached hydrogens (tertiary/aromatic N) is 5. The van der Waals surface area contributed by atoms with E-state index in [2.05, 4.69) is 307 Å². The summed E-state index contributed by atoms with van der Waals surface area (Å²) in [6.07, 6.45) is 12.8. The molecule has 4 aliphatic carbocycles. The Morgan fingerprint density at radius 1 is 0.333 bits per heavy atom. The van der Waals surface area contributed by atoms with Crippen LogP contribution in [0.15, 0.2) is 162 Å². The Morgan fingerprint density at radius 3 is 0.898 bits per heavy atom. The van der Waals surface area contributed by atoms with Gasteiger partial charge in [-0.15, -0.1) is 0 Å². The maximum Gasteiger partial charge on any atom is 0.419 e. The van der Waals surface area contributed by atoms with Crippen LogP contribution >= 0.6 is 0 Å². The second kappa shape index (κ2) is 53.8. The molecule has 0 bridgehead atoms. The fourth-order valence-electron chi connectivity index (χ4n) is 20.0. The van der Waals surface area contributed by atoms with Crippen LogP contribution in [-0.2, 0) is 111 Å². The van der Waals surface area contributed by atoms with E-state index >= 15 is 0 Å². The fourth-order valence-corrected chi connectivity index (χ4v) is 25.1. The molecule has 0 aliphatic heterocycles. The van der Waals surface area contributed by atoms with Gasteiger partial charge < -0.3 is 30.5 Å². The van der Waals surface area contributed by atoms with E-state index in [9.17, 15) is 33.6 Å². The normalized spacial score (nSPS) is 13.3. The van der Waals surface area contributed by atoms with Gasteiger partial charge in [-0.25, -0.2) is 0 Å². The maximum absolute atomic E-state index is 13.7. The van der Waals surface area contributed by atoms with Crippen LogP contribution in [0.25, 0.3) is 55.4 Å². The van der Waals surface area contributed by atoms with Crippen LogP contribution in [-0.4, -0.2) is 49.3 Å². The Bertz CT molecular complexity index is 6290. The Balaban J connectivity index is 0.000000199. The number of hydrogen-bond acceptors (Lipinski definition) is 9. The zero-order valence-electron chi connectivity index (χ0n) is 95.3. The molecule has 0 unspecified atom stereocenters. The molecule has 147 heavy (non-hydrogen) atoms. The average molecular weight is 2240 g/mol. The van der Waals surface area contributed by atoms with Crippen LogP contribution in [0.3, 0.4) is 0 Å². The van der Waals surface area contributed by atoms with Crippen molar-refractivity contribution in [1.82, 2.24) is 9.97 Å². The molecule has 0 saturated heterocycles. The molecule has 12 aromatic rings. The number of halogens is 3. The standard InChI is InChI=1S/C38H42O2.C23H25F3O.3C12H17N.C9H7NO.C6H8N.3C5H10.C4H10O.3Mo/c1-21-15-23(3)33(24(4)16-21)31-19-27-11-7-9-13-29(27)35(37(31)39)36-30-14-10-8-12-28(30)20-32(38(36)40)34-25(5)17-22(2)18-26(34)6;1-13-11-15-7-3-5-9-17(15)20(14(13)2)21-18-10-6-4-8-16(18)12-19(22(21)27)23(24,25)26;3*1-8(2)10-6-5-7-11(9(3)4)12(10)13;11-8-5-1-3-7-4-2-6-10-9(7)8;1-5-3-4-6(2)7-5;3*1-5(2,3)4;1-4(2,3)5;;;/h15-20,39-40H,7-14H2,1-6H3;11-12,27H,3-10H2,1-2H3;3*5-9H,1-4H3;1-6,11H;3-4H,1-2H3;3*1H,2-4H3;5H,1-3H3;;;/q;;;;;;-1;;;;;;;. The summed E-state index contributed by atoms with van der Waals surface area (Å²) in [4.78, 5) is 8.14. The number of pyridine rings is 1. The van der Waals surface area contributed by atoms with Crippen molar-refractivity contribution in [1.29, 1.82) is 0 Å². The summed E-state index contributed by atoms with van der Waals surface area (Å²) in [6, 6.07) is 49.8. The molecule has 0 radical (unpaired) electrons. The molecular weight excluding hydrogens is 2070 g/mol. The third-order valence-electron chi connectivity index (χ3n) is 26.9. The SMILES string of the molecule is CC(C)(C)O.CC(C)c1cccc(C(C)C)c1[N]=[Mo]=[CH]C(C)(C)C.CC(C)c1cccc(C(C)C)c1[N]=[Mo]=[CH]C(C)(C)C.CC(C)c1cccc(C(C)C)c1[N]=[Mo]=[CH]C(C)(C)C.Cc1cc(C)c(-c2cc3c(c(-c4c(O)c(-c5c(C)cc(C)cc5C)cc5c4CCCC5)c2O)CCCC3)c(C)c1.Cc1cc2c(c(-c3c(O)c(C(F)(F)F)cc4c3CCCC4)c1C)CCCC2.Cc1ccc(C)[n-]1.Oc1cccc2cccnc12. The number of aromatic nitrogens is 2. The van der Waals surface area contributed by atoms with Crippen molar-refractivity contribution in [2.24, 2.45) is 26.7 Å². The largest absolute Gasteiger partial charge is 0.665 e. The van der Waals surface area contributed by atoms with Crippen LogP contribution in [0.5, 0.6) is 23.0 Å². The van der Waals surface area contributed by atoms with Gasteiger partial charge in [0.1, 0.15) is 28.5 Å². The van der Waals surface area contributed by atoms with Gasteiger partial charge in [0.2, 0.25) is 0 Å². The van der Waals surface area contributed by atoms with Crippen molar-refractivity contribution in [2.75, 3.05) is 0 Å². The van der Waals surface area contributed by atoms with Crippen molar-refractivity contribution in [2.45, 2.75) is 385 Å². The molecule has 16 heteroatoms. The van der Waals surface area contributed by atoms with E-state index < -0.39 is 76.8 Å². The van der Waals surface area contributed by atoms with Gasteiger partial charge in [-0.1, -0.05) is 85.6 Å². The second-order valence-corrected chi connectivity index (χ2v) is 51.8. The van der Waals surface area contributed by atoms with Crippen LogP contribution in [0, 0.1) is 85.5 Å². The molecule has 5 N–H and O–H groups in total. The summed E-state index contributed by atoms with van der Waals surface area (Å²) in [5.41, 5.74) is 40.2. The fraction of sp³-hybridized carbons (Fsp3) is 0.466. The minimum absolute atomic E-state index is 0.239. The molecule has 792 valence electrons. The number of aryl methyl sites for hydroxylation is 13. The first kappa shape index (κ1) is 121. The number of para-hydroxylation sites is 1. The topological polar surface area (TPSA) is 165 Å². The monoisotopic (exact) mass is 2250 g/mol. The summed E-state index contributed by atoms with van der Waals surface area (Å²) >= 11 is -1.24. The molecule has 16 rings (SSSR count). The first-order valence-corrected chi connectivity index (χ1v) is 59.8. The zero-order chi connectivity index (χ0) is 109. The summed E-state index contributed by atoms with van der Waals surface area (Å²) in [7, 11) is 0. The minimum atomic E-state index is -4.55. The third-order valence-corrected chi connectivity index (χ3v) is 35.1. The van der Waals surface area contributed by atoms with Crippen LogP contribution in [0.2, 0.25) is 0 Å². The van der Waals surface area contributed by atoms with Gasteiger partial charge >= 0.3 is 386 Å². The zero-order valence-corrected chi connectivity index (χ0v) is 101. The third kappa shape index (κ3) is 34.2. The van der Waals surface area contributed by atoms with Gasteiger partial charge in [0.25, 0.3) is 0 Å². The Labute approximate surface area is 906 Å². The van der Waals surface area contributed by atoms with Crippen LogP contribution in [0.4, 0.5) is 30.2 Å². The molecule has 0 fully saturated rings.